The lowest BCUT2D eigenvalue weighted by molar-refractivity contribution is -0.137. The lowest BCUT2D eigenvalue weighted by atomic mass is 10.0. The van der Waals surface area contributed by atoms with Crippen LogP contribution in [0.15, 0.2) is 48.5 Å². The number of fused-ring (bicyclic) bond motifs is 1. The summed E-state index contributed by atoms with van der Waals surface area (Å²) < 4.78 is 47.8. The first kappa shape index (κ1) is 27.0. The SMILES string of the molecule is Cn1nc(N)c2c(-c3ccc(NC(=O)Nc4cc(CN5CCOCC5)cc(C(F)(F)F)c4)cc3)cc(C3CC3)nc21. The smallest absolute Gasteiger partial charge is 0.382 e. The van der Waals surface area contributed by atoms with Gasteiger partial charge < -0.3 is 21.1 Å². The zero-order chi connectivity index (χ0) is 28.7. The summed E-state index contributed by atoms with van der Waals surface area (Å²) in [6, 6.07) is 12.2. The number of anilines is 3. The number of nitrogens with two attached hydrogens (primary N) is 1. The Morgan fingerprint density at radius 1 is 1.05 bits per heavy atom. The number of hydrogen-bond donors (Lipinski definition) is 3. The average Bonchev–Trinajstić information content (AvgIpc) is 3.74. The Hall–Kier alpha value is -4.16. The third-order valence-electron chi connectivity index (χ3n) is 7.38. The van der Waals surface area contributed by atoms with E-state index in [0.29, 0.717) is 55.8 Å². The van der Waals surface area contributed by atoms with Crippen LogP contribution < -0.4 is 16.4 Å². The molecule has 1 saturated heterocycles. The summed E-state index contributed by atoms with van der Waals surface area (Å²) in [5.41, 5.74) is 9.93. The number of amides is 2. The van der Waals surface area contributed by atoms with Crippen molar-refractivity contribution in [3.8, 4) is 11.1 Å². The highest BCUT2D eigenvalue weighted by Crippen LogP contribution is 2.42. The van der Waals surface area contributed by atoms with Crippen molar-refractivity contribution < 1.29 is 22.7 Å². The molecule has 214 valence electrons. The number of nitrogens with one attached hydrogen (secondary N) is 2. The molecule has 12 heteroatoms. The molecule has 4 aromatic rings. The fraction of sp³-hybridized carbons (Fsp3) is 0.345. The van der Waals surface area contributed by atoms with Crippen LogP contribution in [0.1, 0.15) is 35.6 Å². The van der Waals surface area contributed by atoms with E-state index in [4.69, 9.17) is 15.5 Å². The number of rotatable bonds is 6. The van der Waals surface area contributed by atoms with Crippen LogP contribution in [0.5, 0.6) is 0 Å². The Morgan fingerprint density at radius 2 is 1.76 bits per heavy atom. The van der Waals surface area contributed by atoms with Gasteiger partial charge in [-0.1, -0.05) is 12.1 Å². The second-order valence-corrected chi connectivity index (χ2v) is 10.5. The summed E-state index contributed by atoms with van der Waals surface area (Å²) in [7, 11) is 1.81. The minimum Gasteiger partial charge on any atom is -0.382 e. The van der Waals surface area contributed by atoms with Crippen LogP contribution in [-0.4, -0.2) is 52.0 Å². The van der Waals surface area contributed by atoms with Gasteiger partial charge in [0.1, 0.15) is 0 Å². The molecule has 2 aromatic carbocycles. The minimum atomic E-state index is -4.54. The lowest BCUT2D eigenvalue weighted by Gasteiger charge is -2.27. The molecule has 2 aromatic heterocycles. The molecule has 0 radical (unpaired) electrons. The number of aryl methyl sites for hydroxylation is 1. The summed E-state index contributed by atoms with van der Waals surface area (Å²) in [5.74, 6) is 0.826. The molecule has 9 nitrogen and oxygen atoms in total. The standard InChI is InChI=1S/C29H30F3N7O2/c1-38-27-25(26(33)37-38)23(15-24(36-27)19-2-3-19)18-4-6-21(7-5-18)34-28(40)35-22-13-17(12-20(14-22)29(30,31)32)16-39-8-10-41-11-9-39/h4-7,12-15,19H,2-3,8-11,16H2,1H3,(H2,33,37)(H2,34,35,40). The molecular weight excluding hydrogens is 535 g/mol. The monoisotopic (exact) mass is 565 g/mol. The topological polar surface area (TPSA) is 110 Å². The Bertz CT molecular complexity index is 1590. The quantitative estimate of drug-likeness (QED) is 0.281. The van der Waals surface area contributed by atoms with Gasteiger partial charge in [-0.25, -0.2) is 14.5 Å². The fourth-order valence-electron chi connectivity index (χ4n) is 5.18. The Balaban J connectivity index is 1.20. The van der Waals surface area contributed by atoms with E-state index in [9.17, 15) is 18.0 Å². The number of nitrogen functional groups attached to an aromatic ring is 1. The van der Waals surface area contributed by atoms with Crippen LogP contribution in [0.25, 0.3) is 22.2 Å². The number of aromatic nitrogens is 3. The molecule has 3 heterocycles. The number of carbonyl (C=O) groups excluding carboxylic acids is 1. The van der Waals surface area contributed by atoms with Crippen molar-refractivity contribution in [2.45, 2.75) is 31.5 Å². The van der Waals surface area contributed by atoms with Gasteiger partial charge in [-0.3, -0.25) is 4.90 Å². The second-order valence-electron chi connectivity index (χ2n) is 10.5. The van der Waals surface area contributed by atoms with Crippen molar-refractivity contribution in [3.63, 3.8) is 0 Å². The maximum Gasteiger partial charge on any atom is 0.416 e. The maximum atomic E-state index is 13.6. The van der Waals surface area contributed by atoms with Crippen LogP contribution in [0, 0.1) is 0 Å². The lowest BCUT2D eigenvalue weighted by Crippen LogP contribution is -2.35. The molecule has 2 amide bonds. The van der Waals surface area contributed by atoms with Crippen LogP contribution >= 0.6 is 0 Å². The molecule has 1 aliphatic carbocycles. The predicted octanol–water partition coefficient (Wildman–Crippen LogP) is 5.59. The first-order valence-corrected chi connectivity index (χ1v) is 13.5. The summed E-state index contributed by atoms with van der Waals surface area (Å²) in [4.78, 5) is 19.6. The van der Waals surface area contributed by atoms with Crippen LogP contribution in [0.2, 0.25) is 0 Å². The van der Waals surface area contributed by atoms with E-state index >= 15 is 0 Å². The predicted molar refractivity (Wildman–Crippen MR) is 151 cm³/mol. The molecule has 1 saturated carbocycles. The molecule has 0 unspecified atom stereocenters. The molecule has 4 N–H and O–H groups in total. The number of hydrogen-bond acceptors (Lipinski definition) is 6. The molecule has 0 spiro atoms. The van der Waals surface area contributed by atoms with E-state index in [2.05, 4.69) is 21.8 Å². The zero-order valence-corrected chi connectivity index (χ0v) is 22.5. The van der Waals surface area contributed by atoms with Crippen LogP contribution in [0.4, 0.5) is 35.2 Å². The number of alkyl halides is 3. The zero-order valence-electron chi connectivity index (χ0n) is 22.5. The molecular formula is C29H30F3N7O2. The summed E-state index contributed by atoms with van der Waals surface area (Å²) in [6.45, 7) is 2.67. The number of carbonyl (C=O) groups is 1. The molecule has 41 heavy (non-hydrogen) atoms. The van der Waals surface area contributed by atoms with Gasteiger partial charge in [0.15, 0.2) is 11.5 Å². The molecule has 2 fully saturated rings. The third kappa shape index (κ3) is 5.98. The van der Waals surface area contributed by atoms with Gasteiger partial charge in [0, 0.05) is 49.7 Å². The first-order valence-electron chi connectivity index (χ1n) is 13.5. The largest absolute Gasteiger partial charge is 0.416 e. The van der Waals surface area contributed by atoms with Gasteiger partial charge in [-0.05, 0) is 65.9 Å². The molecule has 1 aliphatic heterocycles. The highest BCUT2D eigenvalue weighted by Gasteiger charge is 2.32. The highest BCUT2D eigenvalue weighted by atomic mass is 19.4. The van der Waals surface area contributed by atoms with Gasteiger partial charge in [-0.2, -0.15) is 18.3 Å². The highest BCUT2D eigenvalue weighted by molar-refractivity contribution is 6.02. The molecule has 0 bridgehead atoms. The van der Waals surface area contributed by atoms with Gasteiger partial charge in [0.25, 0.3) is 0 Å². The van der Waals surface area contributed by atoms with E-state index in [-0.39, 0.29) is 5.69 Å². The first-order chi connectivity index (χ1) is 19.6. The number of urea groups is 1. The third-order valence-corrected chi connectivity index (χ3v) is 7.38. The van der Waals surface area contributed by atoms with Crippen LogP contribution in [-0.2, 0) is 24.5 Å². The normalized spacial score (nSPS) is 16.2. The van der Waals surface area contributed by atoms with Crippen molar-refractivity contribution >= 4 is 34.3 Å². The molecule has 0 atom stereocenters. The van der Waals surface area contributed by atoms with Crippen molar-refractivity contribution in [3.05, 3.63) is 65.4 Å². The van der Waals surface area contributed by atoms with Crippen LogP contribution in [0.3, 0.4) is 0 Å². The van der Waals surface area contributed by atoms with Crippen molar-refractivity contribution in [1.82, 2.24) is 19.7 Å². The van der Waals surface area contributed by atoms with Crippen molar-refractivity contribution in [1.29, 1.82) is 0 Å². The number of ether oxygens (including phenoxy) is 1. The Kier molecular flexibility index (Phi) is 7.04. The molecule has 6 rings (SSSR count). The van der Waals surface area contributed by atoms with Gasteiger partial charge in [0.05, 0.1) is 24.2 Å². The number of morpholine rings is 1. The summed E-state index contributed by atoms with van der Waals surface area (Å²) >= 11 is 0. The summed E-state index contributed by atoms with van der Waals surface area (Å²) in [6.07, 6.45) is -2.34. The minimum absolute atomic E-state index is 0.0658. The van der Waals surface area contributed by atoms with Gasteiger partial charge in [0.2, 0.25) is 0 Å². The molecule has 2 aliphatic rings. The number of pyridine rings is 1. The summed E-state index contributed by atoms with van der Waals surface area (Å²) in [5, 5.41) is 10.4. The van der Waals surface area contributed by atoms with E-state index in [1.54, 1.807) is 22.9 Å². The maximum absolute atomic E-state index is 13.6. The van der Waals surface area contributed by atoms with Gasteiger partial charge >= 0.3 is 12.2 Å². The second kappa shape index (κ2) is 10.7. The Labute approximate surface area is 234 Å². The van der Waals surface area contributed by atoms with E-state index in [1.807, 2.05) is 24.1 Å². The van der Waals surface area contributed by atoms with E-state index in [0.717, 1.165) is 52.8 Å². The van der Waals surface area contributed by atoms with Gasteiger partial charge in [-0.15, -0.1) is 0 Å². The number of nitrogens with zero attached hydrogens (tertiary/aromatic N) is 4. The van der Waals surface area contributed by atoms with Crippen molar-refractivity contribution in [2.75, 3.05) is 42.7 Å². The van der Waals surface area contributed by atoms with E-state index < -0.39 is 17.8 Å². The fourth-order valence-corrected chi connectivity index (χ4v) is 5.18. The Morgan fingerprint density at radius 3 is 2.44 bits per heavy atom. The van der Waals surface area contributed by atoms with E-state index in [1.165, 1.54) is 0 Å². The average molecular weight is 566 g/mol. The number of benzene rings is 2. The number of halogens is 3. The van der Waals surface area contributed by atoms with Crippen molar-refractivity contribution in [2.24, 2.45) is 7.05 Å².